The summed E-state index contributed by atoms with van der Waals surface area (Å²) in [4.78, 5) is 1.30. The summed E-state index contributed by atoms with van der Waals surface area (Å²) in [5, 5.41) is 9.63. The maximum atomic E-state index is 9.63. The number of ether oxygens (including phenoxy) is 1. The van der Waals surface area contributed by atoms with Crippen molar-refractivity contribution >= 4 is 11.8 Å². The predicted molar refractivity (Wildman–Crippen MR) is 97.0 cm³/mol. The van der Waals surface area contributed by atoms with E-state index in [2.05, 4.69) is 18.2 Å². The number of aliphatic hydroxyl groups is 1. The second-order valence-electron chi connectivity index (χ2n) is 6.56. The Kier molecular flexibility index (Phi) is 9.65. The lowest BCUT2D eigenvalue weighted by Gasteiger charge is -2.16. The summed E-state index contributed by atoms with van der Waals surface area (Å²) in [6.45, 7) is 3.79. The predicted octanol–water partition coefficient (Wildman–Crippen LogP) is 5.68. The van der Waals surface area contributed by atoms with Crippen LogP contribution in [0.2, 0.25) is 0 Å². The summed E-state index contributed by atoms with van der Waals surface area (Å²) < 4.78 is 5.24. The van der Waals surface area contributed by atoms with Crippen LogP contribution in [-0.4, -0.2) is 23.6 Å². The topological polar surface area (TPSA) is 29.5 Å². The van der Waals surface area contributed by atoms with Gasteiger partial charge < -0.3 is 9.84 Å². The van der Waals surface area contributed by atoms with E-state index in [1.54, 1.807) is 7.11 Å². The molecule has 0 aromatic heterocycles. The van der Waals surface area contributed by atoms with Crippen molar-refractivity contribution in [1.82, 2.24) is 0 Å². The van der Waals surface area contributed by atoms with Gasteiger partial charge in [-0.15, -0.1) is 11.8 Å². The minimum absolute atomic E-state index is 0.489. The lowest BCUT2D eigenvalue weighted by Crippen LogP contribution is -2.17. The van der Waals surface area contributed by atoms with Gasteiger partial charge in [0, 0.05) is 4.90 Å². The molecule has 0 aliphatic heterocycles. The fourth-order valence-electron chi connectivity index (χ4n) is 2.42. The number of rotatable bonds is 12. The Morgan fingerprint density at radius 1 is 1.00 bits per heavy atom. The van der Waals surface area contributed by atoms with Gasteiger partial charge in [-0.3, -0.25) is 0 Å². The van der Waals surface area contributed by atoms with Crippen molar-refractivity contribution in [2.45, 2.75) is 75.7 Å². The van der Waals surface area contributed by atoms with Gasteiger partial charge >= 0.3 is 0 Å². The molecule has 0 atom stereocenters. The Morgan fingerprint density at radius 3 is 2.27 bits per heavy atom. The highest BCUT2D eigenvalue weighted by atomic mass is 32.2. The largest absolute Gasteiger partial charge is 0.497 e. The van der Waals surface area contributed by atoms with Crippen molar-refractivity contribution in [3.05, 3.63) is 24.3 Å². The van der Waals surface area contributed by atoms with Crippen molar-refractivity contribution in [2.24, 2.45) is 0 Å². The zero-order valence-corrected chi connectivity index (χ0v) is 15.3. The monoisotopic (exact) mass is 324 g/mol. The fraction of sp³-hybridized carbons (Fsp3) is 0.684. The molecule has 2 nitrogen and oxygen atoms in total. The van der Waals surface area contributed by atoms with Crippen LogP contribution in [-0.2, 0) is 0 Å². The molecule has 0 saturated carbocycles. The van der Waals surface area contributed by atoms with Crippen LogP contribution in [0.3, 0.4) is 0 Å². The Balaban J connectivity index is 1.93. The molecule has 1 aromatic carbocycles. The highest BCUT2D eigenvalue weighted by Crippen LogP contribution is 2.24. The molecule has 0 fully saturated rings. The molecule has 126 valence electrons. The van der Waals surface area contributed by atoms with Gasteiger partial charge in [-0.05, 0) is 50.6 Å². The van der Waals surface area contributed by atoms with Crippen LogP contribution in [0.5, 0.6) is 5.75 Å². The Labute approximate surface area is 140 Å². The summed E-state index contributed by atoms with van der Waals surface area (Å²) in [6.07, 6.45) is 9.89. The van der Waals surface area contributed by atoms with Crippen molar-refractivity contribution in [3.8, 4) is 5.75 Å². The third-order valence-corrected chi connectivity index (χ3v) is 4.82. The molecule has 1 N–H and O–H groups in total. The van der Waals surface area contributed by atoms with Crippen LogP contribution in [0.15, 0.2) is 29.2 Å². The van der Waals surface area contributed by atoms with Crippen LogP contribution < -0.4 is 4.74 Å². The number of hydrogen-bond donors (Lipinski definition) is 1. The van der Waals surface area contributed by atoms with E-state index < -0.39 is 5.60 Å². The molecule has 1 rings (SSSR count). The van der Waals surface area contributed by atoms with Crippen molar-refractivity contribution in [3.63, 3.8) is 0 Å². The zero-order valence-electron chi connectivity index (χ0n) is 14.4. The number of unbranched alkanes of at least 4 members (excludes halogenated alkanes) is 6. The molecular weight excluding hydrogens is 292 g/mol. The first-order chi connectivity index (χ1) is 10.5. The van der Waals surface area contributed by atoms with Gasteiger partial charge in [0.2, 0.25) is 0 Å². The summed E-state index contributed by atoms with van der Waals surface area (Å²) in [7, 11) is 1.71. The zero-order chi connectivity index (χ0) is 16.3. The van der Waals surface area contributed by atoms with Crippen molar-refractivity contribution in [1.29, 1.82) is 0 Å². The van der Waals surface area contributed by atoms with Gasteiger partial charge in [-0.2, -0.15) is 0 Å². The summed E-state index contributed by atoms with van der Waals surface area (Å²) in [6, 6.07) is 8.29. The summed E-state index contributed by atoms with van der Waals surface area (Å²) >= 11 is 1.92. The van der Waals surface area contributed by atoms with Gasteiger partial charge in [0.05, 0.1) is 12.7 Å². The van der Waals surface area contributed by atoms with E-state index in [1.165, 1.54) is 49.2 Å². The number of thioether (sulfide) groups is 1. The summed E-state index contributed by atoms with van der Waals surface area (Å²) in [5.41, 5.74) is -0.489. The highest BCUT2D eigenvalue weighted by molar-refractivity contribution is 7.99. The molecule has 0 unspecified atom stereocenters. The van der Waals surface area contributed by atoms with E-state index in [-0.39, 0.29) is 0 Å². The molecule has 0 spiro atoms. The van der Waals surface area contributed by atoms with Crippen LogP contribution >= 0.6 is 11.8 Å². The summed E-state index contributed by atoms with van der Waals surface area (Å²) in [5.74, 6) is 2.13. The van der Waals surface area contributed by atoms with Gasteiger partial charge in [0.15, 0.2) is 0 Å². The maximum Gasteiger partial charge on any atom is 0.119 e. The third-order valence-electron chi connectivity index (χ3n) is 3.74. The van der Waals surface area contributed by atoms with Gasteiger partial charge in [0.1, 0.15) is 5.75 Å². The van der Waals surface area contributed by atoms with Crippen LogP contribution in [0.25, 0.3) is 0 Å². The molecule has 0 heterocycles. The molecule has 3 heteroatoms. The van der Waals surface area contributed by atoms with Crippen LogP contribution in [0, 0.1) is 0 Å². The SMILES string of the molecule is COc1cccc(SCCCCCCCCCC(C)(C)O)c1. The van der Waals surface area contributed by atoms with E-state index >= 15 is 0 Å². The second-order valence-corrected chi connectivity index (χ2v) is 7.73. The highest BCUT2D eigenvalue weighted by Gasteiger charge is 2.10. The molecule has 1 aromatic rings. The minimum Gasteiger partial charge on any atom is -0.497 e. The standard InChI is InChI=1S/C19H32O2S/c1-19(2,20)14-9-7-5-4-6-8-10-15-22-18-13-11-12-17(16-18)21-3/h11-13,16,20H,4-10,14-15H2,1-3H3. The molecule has 0 radical (unpaired) electrons. The Bertz CT molecular complexity index is 399. The first-order valence-electron chi connectivity index (χ1n) is 8.50. The van der Waals surface area contributed by atoms with Crippen molar-refractivity contribution in [2.75, 3.05) is 12.9 Å². The van der Waals surface area contributed by atoms with E-state index in [4.69, 9.17) is 4.74 Å². The first-order valence-corrected chi connectivity index (χ1v) is 9.49. The number of benzene rings is 1. The second kappa shape index (κ2) is 11.0. The van der Waals surface area contributed by atoms with Gasteiger partial charge in [-0.1, -0.05) is 44.6 Å². The smallest absolute Gasteiger partial charge is 0.119 e. The quantitative estimate of drug-likeness (QED) is 0.396. The first kappa shape index (κ1) is 19.4. The average molecular weight is 325 g/mol. The Morgan fingerprint density at radius 2 is 1.64 bits per heavy atom. The third kappa shape index (κ3) is 10.1. The van der Waals surface area contributed by atoms with E-state index in [0.717, 1.165) is 18.6 Å². The lowest BCUT2D eigenvalue weighted by molar-refractivity contribution is 0.0680. The molecule has 0 amide bonds. The molecule has 0 aliphatic rings. The minimum atomic E-state index is -0.489. The molecular formula is C19H32O2S. The van der Waals surface area contributed by atoms with Gasteiger partial charge in [0.25, 0.3) is 0 Å². The number of methoxy groups -OCH3 is 1. The average Bonchev–Trinajstić information content (AvgIpc) is 2.48. The number of hydrogen-bond acceptors (Lipinski definition) is 3. The maximum absolute atomic E-state index is 9.63. The van der Waals surface area contributed by atoms with Crippen LogP contribution in [0.1, 0.15) is 65.2 Å². The molecule has 22 heavy (non-hydrogen) atoms. The fourth-order valence-corrected chi connectivity index (χ4v) is 3.38. The van der Waals surface area contributed by atoms with Gasteiger partial charge in [-0.25, -0.2) is 0 Å². The lowest BCUT2D eigenvalue weighted by atomic mass is 10.00. The normalized spacial score (nSPS) is 11.6. The molecule has 0 saturated heterocycles. The van der Waals surface area contributed by atoms with Crippen molar-refractivity contribution < 1.29 is 9.84 Å². The Hall–Kier alpha value is -0.670. The van der Waals surface area contributed by atoms with E-state index in [1.807, 2.05) is 31.7 Å². The van der Waals surface area contributed by atoms with E-state index in [9.17, 15) is 5.11 Å². The molecule has 0 bridgehead atoms. The van der Waals surface area contributed by atoms with E-state index in [0.29, 0.717) is 0 Å². The molecule has 0 aliphatic carbocycles. The van der Waals surface area contributed by atoms with Crippen LogP contribution in [0.4, 0.5) is 0 Å².